The summed E-state index contributed by atoms with van der Waals surface area (Å²) in [6.45, 7) is 4.14. The molecule has 1 amide bonds. The van der Waals surface area contributed by atoms with E-state index in [1.807, 2.05) is 31.2 Å². The molecule has 4 rings (SSSR count). The van der Waals surface area contributed by atoms with Gasteiger partial charge in [-0.15, -0.1) is 0 Å². The number of aromatic nitrogens is 1. The number of halogens is 1. The Morgan fingerprint density at radius 2 is 2.04 bits per heavy atom. The number of amides is 1. The summed E-state index contributed by atoms with van der Waals surface area (Å²) in [5.41, 5.74) is 2.91. The summed E-state index contributed by atoms with van der Waals surface area (Å²) in [5.74, 6) is -0.0863. The standard InChI is InChI=1S/C21H22FN3O2/c1-14-6-7-19-18(23-14)12-20(27-19)21(26)24-16-8-10-25(11-9-16)13-15-4-2-3-5-17(15)22/h2-7,12,16H,8-11,13H2,1H3,(H,24,26). The van der Waals surface area contributed by atoms with Gasteiger partial charge in [0.15, 0.2) is 11.3 Å². The van der Waals surface area contributed by atoms with Crippen LogP contribution in [0.5, 0.6) is 0 Å². The van der Waals surface area contributed by atoms with E-state index in [9.17, 15) is 9.18 Å². The number of piperidine rings is 1. The minimum Gasteiger partial charge on any atom is -0.449 e. The molecule has 1 N–H and O–H groups in total. The molecule has 140 valence electrons. The number of hydrogen-bond donors (Lipinski definition) is 1. The van der Waals surface area contributed by atoms with E-state index in [4.69, 9.17) is 4.42 Å². The van der Waals surface area contributed by atoms with Crippen molar-refractivity contribution in [3.63, 3.8) is 0 Å². The van der Waals surface area contributed by atoms with E-state index >= 15 is 0 Å². The smallest absolute Gasteiger partial charge is 0.287 e. The molecule has 3 heterocycles. The molecule has 5 nitrogen and oxygen atoms in total. The number of furan rings is 1. The third kappa shape index (κ3) is 4.01. The summed E-state index contributed by atoms with van der Waals surface area (Å²) >= 11 is 0. The molecule has 6 heteroatoms. The second-order valence-electron chi connectivity index (χ2n) is 7.06. The van der Waals surface area contributed by atoms with Gasteiger partial charge in [0.1, 0.15) is 11.3 Å². The number of rotatable bonds is 4. The zero-order valence-electron chi connectivity index (χ0n) is 15.2. The average molecular weight is 367 g/mol. The molecule has 27 heavy (non-hydrogen) atoms. The van der Waals surface area contributed by atoms with Crippen molar-refractivity contribution < 1.29 is 13.6 Å². The van der Waals surface area contributed by atoms with E-state index in [2.05, 4.69) is 15.2 Å². The molecule has 0 atom stereocenters. The Balaban J connectivity index is 1.33. The fraction of sp³-hybridized carbons (Fsp3) is 0.333. The number of aryl methyl sites for hydroxylation is 1. The molecule has 0 saturated carbocycles. The first kappa shape index (κ1) is 17.7. The molecule has 1 saturated heterocycles. The summed E-state index contributed by atoms with van der Waals surface area (Å²) in [6.07, 6.45) is 1.66. The van der Waals surface area contributed by atoms with Gasteiger partial charge >= 0.3 is 0 Å². The molecular formula is C21H22FN3O2. The van der Waals surface area contributed by atoms with Gasteiger partial charge in [0.25, 0.3) is 5.91 Å². The van der Waals surface area contributed by atoms with E-state index in [-0.39, 0.29) is 23.5 Å². The van der Waals surface area contributed by atoms with Crippen molar-refractivity contribution in [2.45, 2.75) is 32.4 Å². The fourth-order valence-electron chi connectivity index (χ4n) is 3.50. The lowest BCUT2D eigenvalue weighted by Gasteiger charge is -2.32. The second-order valence-corrected chi connectivity index (χ2v) is 7.06. The number of fused-ring (bicyclic) bond motifs is 1. The van der Waals surface area contributed by atoms with Gasteiger partial charge in [0.05, 0.1) is 0 Å². The lowest BCUT2D eigenvalue weighted by Crippen LogP contribution is -2.44. The SMILES string of the molecule is Cc1ccc2oc(C(=O)NC3CCN(Cc4ccccc4F)CC3)cc2n1. The zero-order chi connectivity index (χ0) is 18.8. The summed E-state index contributed by atoms with van der Waals surface area (Å²) in [7, 11) is 0. The third-order valence-electron chi connectivity index (χ3n) is 5.01. The normalized spacial score (nSPS) is 15.9. The molecule has 1 aliphatic heterocycles. The predicted molar refractivity (Wildman–Crippen MR) is 101 cm³/mol. The van der Waals surface area contributed by atoms with E-state index in [0.29, 0.717) is 23.2 Å². The number of benzene rings is 1. The number of carbonyl (C=O) groups excluding carboxylic acids is 1. The third-order valence-corrected chi connectivity index (χ3v) is 5.01. The van der Waals surface area contributed by atoms with Gasteiger partial charge in [-0.25, -0.2) is 9.37 Å². The Hall–Kier alpha value is -2.73. The maximum absolute atomic E-state index is 13.8. The van der Waals surface area contributed by atoms with Crippen LogP contribution in [0.1, 0.15) is 34.7 Å². The monoisotopic (exact) mass is 367 g/mol. The van der Waals surface area contributed by atoms with E-state index in [0.717, 1.165) is 31.6 Å². The van der Waals surface area contributed by atoms with Gasteiger partial charge in [0, 0.05) is 43.0 Å². The Morgan fingerprint density at radius 3 is 2.81 bits per heavy atom. The largest absolute Gasteiger partial charge is 0.449 e. The molecule has 1 fully saturated rings. The van der Waals surface area contributed by atoms with Crippen LogP contribution < -0.4 is 5.32 Å². The van der Waals surface area contributed by atoms with Crippen molar-refractivity contribution in [3.8, 4) is 0 Å². The van der Waals surface area contributed by atoms with Crippen LogP contribution in [-0.4, -0.2) is 34.9 Å². The number of hydrogen-bond acceptors (Lipinski definition) is 4. The average Bonchev–Trinajstić information content (AvgIpc) is 3.08. The highest BCUT2D eigenvalue weighted by Gasteiger charge is 2.23. The van der Waals surface area contributed by atoms with Gasteiger partial charge in [0.2, 0.25) is 0 Å². The van der Waals surface area contributed by atoms with Gasteiger partial charge in [-0.2, -0.15) is 0 Å². The highest BCUT2D eigenvalue weighted by atomic mass is 19.1. The van der Waals surface area contributed by atoms with Crippen LogP contribution in [0.15, 0.2) is 46.9 Å². The molecule has 2 aromatic heterocycles. The molecule has 1 aromatic carbocycles. The highest BCUT2D eigenvalue weighted by molar-refractivity contribution is 5.95. The van der Waals surface area contributed by atoms with E-state index in [1.54, 1.807) is 12.1 Å². The summed E-state index contributed by atoms with van der Waals surface area (Å²) < 4.78 is 19.4. The molecule has 0 unspecified atom stereocenters. The Kier molecular flexibility index (Phi) is 4.90. The minimum absolute atomic E-state index is 0.0947. The molecule has 0 radical (unpaired) electrons. The Labute approximate surface area is 157 Å². The Morgan fingerprint density at radius 1 is 1.26 bits per heavy atom. The lowest BCUT2D eigenvalue weighted by atomic mass is 10.0. The maximum atomic E-state index is 13.8. The van der Waals surface area contributed by atoms with Crippen LogP contribution >= 0.6 is 0 Å². The van der Waals surface area contributed by atoms with Crippen LogP contribution in [0.25, 0.3) is 11.1 Å². The van der Waals surface area contributed by atoms with Crippen molar-refractivity contribution in [1.82, 2.24) is 15.2 Å². The quantitative estimate of drug-likeness (QED) is 0.764. The van der Waals surface area contributed by atoms with Crippen LogP contribution in [-0.2, 0) is 6.54 Å². The van der Waals surface area contributed by atoms with Crippen LogP contribution in [0, 0.1) is 12.7 Å². The van der Waals surface area contributed by atoms with Crippen molar-refractivity contribution in [3.05, 3.63) is 65.3 Å². The van der Waals surface area contributed by atoms with Gasteiger partial charge in [-0.1, -0.05) is 18.2 Å². The number of likely N-dealkylation sites (tertiary alicyclic amines) is 1. The molecule has 3 aromatic rings. The van der Waals surface area contributed by atoms with Gasteiger partial charge in [-0.3, -0.25) is 9.69 Å². The number of carbonyl (C=O) groups is 1. The van der Waals surface area contributed by atoms with Crippen molar-refractivity contribution in [2.24, 2.45) is 0 Å². The first-order chi connectivity index (χ1) is 13.1. The molecule has 1 aliphatic rings. The van der Waals surface area contributed by atoms with E-state index < -0.39 is 0 Å². The van der Waals surface area contributed by atoms with Gasteiger partial charge in [-0.05, 0) is 38.0 Å². The second kappa shape index (κ2) is 7.48. The topological polar surface area (TPSA) is 58.4 Å². The molecule has 0 bridgehead atoms. The van der Waals surface area contributed by atoms with Crippen LogP contribution in [0.4, 0.5) is 4.39 Å². The lowest BCUT2D eigenvalue weighted by molar-refractivity contribution is 0.0883. The molecule has 0 spiro atoms. The van der Waals surface area contributed by atoms with Crippen LogP contribution in [0.3, 0.4) is 0 Å². The van der Waals surface area contributed by atoms with Crippen molar-refractivity contribution in [2.75, 3.05) is 13.1 Å². The highest BCUT2D eigenvalue weighted by Crippen LogP contribution is 2.19. The molecular weight excluding hydrogens is 345 g/mol. The predicted octanol–water partition coefficient (Wildman–Crippen LogP) is 3.67. The first-order valence-electron chi connectivity index (χ1n) is 9.22. The molecule has 0 aliphatic carbocycles. The fourth-order valence-corrected chi connectivity index (χ4v) is 3.50. The zero-order valence-corrected chi connectivity index (χ0v) is 15.2. The summed E-state index contributed by atoms with van der Waals surface area (Å²) in [6, 6.07) is 12.3. The van der Waals surface area contributed by atoms with E-state index in [1.165, 1.54) is 6.07 Å². The maximum Gasteiger partial charge on any atom is 0.287 e. The first-order valence-corrected chi connectivity index (χ1v) is 9.22. The van der Waals surface area contributed by atoms with Gasteiger partial charge < -0.3 is 9.73 Å². The van der Waals surface area contributed by atoms with Crippen molar-refractivity contribution >= 4 is 17.0 Å². The summed E-state index contributed by atoms with van der Waals surface area (Å²) in [4.78, 5) is 19.1. The number of nitrogens with zero attached hydrogens (tertiary/aromatic N) is 2. The number of pyridine rings is 1. The summed E-state index contributed by atoms with van der Waals surface area (Å²) in [5, 5.41) is 3.05. The Bertz CT molecular complexity index is 961. The number of nitrogens with one attached hydrogen (secondary N) is 1. The van der Waals surface area contributed by atoms with Crippen molar-refractivity contribution in [1.29, 1.82) is 0 Å². The minimum atomic E-state index is -0.210. The van der Waals surface area contributed by atoms with Crippen LogP contribution in [0.2, 0.25) is 0 Å².